The Morgan fingerprint density at radius 3 is 2.18 bits per heavy atom. The van der Waals surface area contributed by atoms with Crippen molar-refractivity contribution in [3.8, 4) is 0 Å². The SMILES string of the molecule is CNC(=O)NC(=O)CN[C@@H](c1c(F)cccc1F)C(F)(F)F. The maximum Gasteiger partial charge on any atom is 0.408 e. The lowest BCUT2D eigenvalue weighted by molar-refractivity contribution is -0.159. The van der Waals surface area contributed by atoms with E-state index < -0.39 is 47.9 Å². The first-order valence-corrected chi connectivity index (χ1v) is 5.92. The molecule has 0 aliphatic rings. The fourth-order valence-electron chi connectivity index (χ4n) is 1.60. The molecule has 1 aromatic rings. The molecule has 0 aromatic heterocycles. The van der Waals surface area contributed by atoms with E-state index in [4.69, 9.17) is 0 Å². The number of alkyl halides is 3. The van der Waals surface area contributed by atoms with E-state index in [1.54, 1.807) is 10.6 Å². The average Bonchev–Trinajstić information content (AvgIpc) is 2.40. The van der Waals surface area contributed by atoms with Crippen LogP contribution < -0.4 is 16.0 Å². The summed E-state index contributed by atoms with van der Waals surface area (Å²) in [7, 11) is 1.20. The highest BCUT2D eigenvalue weighted by Crippen LogP contribution is 2.35. The van der Waals surface area contributed by atoms with Gasteiger partial charge >= 0.3 is 12.2 Å². The van der Waals surface area contributed by atoms with Crippen LogP contribution in [-0.2, 0) is 4.79 Å². The Hall–Kier alpha value is -2.23. The Morgan fingerprint density at radius 1 is 1.18 bits per heavy atom. The highest BCUT2D eigenvalue weighted by atomic mass is 19.4. The van der Waals surface area contributed by atoms with Crippen LogP contribution in [0, 0.1) is 11.6 Å². The molecule has 0 spiro atoms. The minimum absolute atomic E-state index is 0.670. The molecular weight excluding hydrogens is 313 g/mol. The third kappa shape index (κ3) is 4.65. The van der Waals surface area contributed by atoms with Crippen molar-refractivity contribution in [1.82, 2.24) is 16.0 Å². The minimum atomic E-state index is -5.05. The van der Waals surface area contributed by atoms with E-state index in [0.717, 1.165) is 6.07 Å². The number of halogens is 5. The highest BCUT2D eigenvalue weighted by Gasteiger charge is 2.43. The van der Waals surface area contributed by atoms with Crippen molar-refractivity contribution in [3.05, 3.63) is 35.4 Å². The monoisotopic (exact) mass is 325 g/mol. The van der Waals surface area contributed by atoms with E-state index in [0.29, 0.717) is 12.1 Å². The number of hydrogen-bond acceptors (Lipinski definition) is 3. The zero-order valence-electron chi connectivity index (χ0n) is 11.2. The molecule has 1 rings (SSSR count). The summed E-state index contributed by atoms with van der Waals surface area (Å²) in [5.41, 5.74) is -1.25. The lowest BCUT2D eigenvalue weighted by atomic mass is 10.0. The zero-order chi connectivity index (χ0) is 16.9. The van der Waals surface area contributed by atoms with E-state index in [1.165, 1.54) is 7.05 Å². The summed E-state index contributed by atoms with van der Waals surface area (Å²) in [6, 6.07) is -1.40. The van der Waals surface area contributed by atoms with Crippen molar-refractivity contribution >= 4 is 11.9 Å². The van der Waals surface area contributed by atoms with Crippen LogP contribution in [0.15, 0.2) is 18.2 Å². The van der Waals surface area contributed by atoms with Gasteiger partial charge in [-0.05, 0) is 12.1 Å². The van der Waals surface area contributed by atoms with Crippen molar-refractivity contribution in [2.45, 2.75) is 12.2 Å². The topological polar surface area (TPSA) is 70.2 Å². The van der Waals surface area contributed by atoms with E-state index in [-0.39, 0.29) is 0 Å². The van der Waals surface area contributed by atoms with Gasteiger partial charge in [-0.3, -0.25) is 15.4 Å². The van der Waals surface area contributed by atoms with Gasteiger partial charge in [-0.1, -0.05) is 6.07 Å². The number of amides is 3. The van der Waals surface area contributed by atoms with Crippen LogP contribution in [0.1, 0.15) is 11.6 Å². The molecule has 3 amide bonds. The summed E-state index contributed by atoms with van der Waals surface area (Å²) >= 11 is 0. The molecule has 0 unspecified atom stereocenters. The lowest BCUT2D eigenvalue weighted by Crippen LogP contribution is -2.45. The van der Waals surface area contributed by atoms with Gasteiger partial charge in [0.1, 0.15) is 17.7 Å². The molecule has 122 valence electrons. The van der Waals surface area contributed by atoms with Crippen molar-refractivity contribution < 1.29 is 31.5 Å². The second-order valence-corrected chi connectivity index (χ2v) is 4.12. The summed E-state index contributed by atoms with van der Waals surface area (Å²) in [5.74, 6) is -3.89. The van der Waals surface area contributed by atoms with Crippen molar-refractivity contribution in [3.63, 3.8) is 0 Å². The summed E-state index contributed by atoms with van der Waals surface area (Å²) in [6.07, 6.45) is -5.05. The van der Waals surface area contributed by atoms with E-state index in [9.17, 15) is 31.5 Å². The molecule has 22 heavy (non-hydrogen) atoms. The summed E-state index contributed by atoms with van der Waals surface area (Å²) in [4.78, 5) is 22.1. The predicted molar refractivity (Wildman–Crippen MR) is 65.8 cm³/mol. The van der Waals surface area contributed by atoms with E-state index in [1.807, 2.05) is 5.32 Å². The van der Waals surface area contributed by atoms with Crippen LogP contribution in [0.5, 0.6) is 0 Å². The molecule has 0 fully saturated rings. The summed E-state index contributed by atoms with van der Waals surface area (Å²) in [5, 5.41) is 5.42. The molecule has 0 radical (unpaired) electrons. The quantitative estimate of drug-likeness (QED) is 0.737. The Morgan fingerprint density at radius 2 is 1.73 bits per heavy atom. The van der Waals surface area contributed by atoms with Gasteiger partial charge in [0.2, 0.25) is 5.91 Å². The first kappa shape index (κ1) is 17.8. The standard InChI is InChI=1S/C12H12F5N3O2/c1-18-11(22)20-8(21)5-19-10(12(15,16)17)9-6(13)3-2-4-7(9)14/h2-4,10,19H,5H2,1H3,(H2,18,20,21,22)/t10-/m0/s1. The van der Waals surface area contributed by atoms with Crippen LogP contribution in [0.2, 0.25) is 0 Å². The van der Waals surface area contributed by atoms with Crippen molar-refractivity contribution in [2.24, 2.45) is 0 Å². The second-order valence-electron chi connectivity index (χ2n) is 4.12. The number of carbonyl (C=O) groups excluding carboxylic acids is 2. The van der Waals surface area contributed by atoms with Crippen LogP contribution >= 0.6 is 0 Å². The number of urea groups is 1. The third-order valence-electron chi connectivity index (χ3n) is 2.56. The number of hydrogen-bond donors (Lipinski definition) is 3. The largest absolute Gasteiger partial charge is 0.408 e. The molecule has 0 saturated heterocycles. The molecule has 10 heteroatoms. The maximum atomic E-state index is 13.5. The summed E-state index contributed by atoms with van der Waals surface area (Å²) < 4.78 is 65.8. The zero-order valence-corrected chi connectivity index (χ0v) is 11.2. The Balaban J connectivity index is 2.92. The van der Waals surface area contributed by atoms with Crippen LogP contribution in [0.3, 0.4) is 0 Å². The van der Waals surface area contributed by atoms with Gasteiger partial charge in [-0.2, -0.15) is 13.2 Å². The first-order chi connectivity index (χ1) is 10.2. The molecule has 1 aromatic carbocycles. The van der Waals surface area contributed by atoms with Crippen molar-refractivity contribution in [1.29, 1.82) is 0 Å². The van der Waals surface area contributed by atoms with Crippen LogP contribution in [0.4, 0.5) is 26.7 Å². The van der Waals surface area contributed by atoms with Gasteiger partial charge in [-0.25, -0.2) is 13.6 Å². The average molecular weight is 325 g/mol. The molecule has 0 bridgehead atoms. The van der Waals surface area contributed by atoms with Gasteiger partial charge in [0.15, 0.2) is 0 Å². The predicted octanol–water partition coefficient (Wildman–Crippen LogP) is 1.61. The van der Waals surface area contributed by atoms with Gasteiger partial charge in [-0.15, -0.1) is 0 Å². The number of rotatable bonds is 4. The number of carbonyl (C=O) groups is 2. The number of benzene rings is 1. The Kier molecular flexibility index (Phi) is 5.80. The first-order valence-electron chi connectivity index (χ1n) is 5.92. The minimum Gasteiger partial charge on any atom is -0.341 e. The molecule has 5 nitrogen and oxygen atoms in total. The number of nitrogens with one attached hydrogen (secondary N) is 3. The Bertz CT molecular complexity index is 542. The maximum absolute atomic E-state index is 13.5. The summed E-state index contributed by atoms with van der Waals surface area (Å²) in [6.45, 7) is -0.967. The molecule has 0 aliphatic heterocycles. The van der Waals surface area contributed by atoms with Crippen LogP contribution in [-0.4, -0.2) is 31.7 Å². The van der Waals surface area contributed by atoms with Gasteiger partial charge in [0.05, 0.1) is 6.54 Å². The van der Waals surface area contributed by atoms with Gasteiger partial charge in [0.25, 0.3) is 0 Å². The number of imide groups is 1. The van der Waals surface area contributed by atoms with E-state index in [2.05, 4.69) is 0 Å². The fourth-order valence-corrected chi connectivity index (χ4v) is 1.60. The molecular formula is C12H12F5N3O2. The third-order valence-corrected chi connectivity index (χ3v) is 2.56. The fraction of sp³-hybridized carbons (Fsp3) is 0.333. The highest BCUT2D eigenvalue weighted by molar-refractivity contribution is 5.95. The second kappa shape index (κ2) is 7.16. The van der Waals surface area contributed by atoms with E-state index >= 15 is 0 Å². The van der Waals surface area contributed by atoms with Gasteiger partial charge in [0, 0.05) is 12.6 Å². The molecule has 0 aliphatic carbocycles. The lowest BCUT2D eigenvalue weighted by Gasteiger charge is -2.22. The van der Waals surface area contributed by atoms with Gasteiger partial charge < -0.3 is 5.32 Å². The molecule has 1 atom stereocenters. The van der Waals surface area contributed by atoms with Crippen molar-refractivity contribution in [2.75, 3.05) is 13.6 Å². The molecule has 3 N–H and O–H groups in total. The van der Waals surface area contributed by atoms with Crippen LogP contribution in [0.25, 0.3) is 0 Å². The Labute approximate surface area is 121 Å². The molecule has 0 saturated carbocycles. The normalized spacial score (nSPS) is 12.6. The smallest absolute Gasteiger partial charge is 0.341 e. The molecule has 0 heterocycles.